The monoisotopic (exact) mass is 203 g/mol. The minimum Gasteiger partial charge on any atom is -0.272 e. The summed E-state index contributed by atoms with van der Waals surface area (Å²) in [5, 5.41) is 0. The Bertz CT molecular complexity index is 449. The van der Waals surface area contributed by atoms with Crippen molar-refractivity contribution in [2.75, 3.05) is 0 Å². The molecule has 0 N–H and O–H groups in total. The van der Waals surface area contributed by atoms with E-state index in [0.717, 1.165) is 5.56 Å². The van der Waals surface area contributed by atoms with Crippen LogP contribution in [0.1, 0.15) is 40.1 Å². The molecule has 3 heteroatoms. The molecule has 2 amide bonds. The summed E-state index contributed by atoms with van der Waals surface area (Å²) < 4.78 is 0. The SMILES string of the molecule is Cc1ccc2c(c1)C(=O)N(C(C)C)C2=O. The largest absolute Gasteiger partial charge is 0.272 e. The normalized spacial score (nSPS) is 15.1. The minimum absolute atomic E-state index is 0.0855. The smallest absolute Gasteiger partial charge is 0.261 e. The predicted molar refractivity (Wildman–Crippen MR) is 56.8 cm³/mol. The van der Waals surface area contributed by atoms with Gasteiger partial charge in [-0.1, -0.05) is 11.6 Å². The molecule has 0 fully saturated rings. The van der Waals surface area contributed by atoms with Gasteiger partial charge in [-0.2, -0.15) is 0 Å². The number of nitrogens with zero attached hydrogens (tertiary/aromatic N) is 1. The summed E-state index contributed by atoms with van der Waals surface area (Å²) >= 11 is 0. The predicted octanol–water partition coefficient (Wildman–Crippen LogP) is 2.00. The molecule has 1 aromatic carbocycles. The Morgan fingerprint density at radius 2 is 1.67 bits per heavy atom. The summed E-state index contributed by atoms with van der Waals surface area (Å²) in [4.78, 5) is 25.1. The van der Waals surface area contributed by atoms with Gasteiger partial charge in [0.15, 0.2) is 0 Å². The molecular formula is C12H13NO2. The molecule has 0 bridgehead atoms. The number of amides is 2. The highest BCUT2D eigenvalue weighted by atomic mass is 16.2. The van der Waals surface area contributed by atoms with E-state index in [1.807, 2.05) is 26.8 Å². The third-order valence-electron chi connectivity index (χ3n) is 2.59. The second kappa shape index (κ2) is 3.19. The number of aryl methyl sites for hydroxylation is 1. The number of fused-ring (bicyclic) bond motifs is 1. The summed E-state index contributed by atoms with van der Waals surface area (Å²) in [6, 6.07) is 5.27. The summed E-state index contributed by atoms with van der Waals surface area (Å²) in [7, 11) is 0. The van der Waals surface area contributed by atoms with Gasteiger partial charge in [-0.25, -0.2) is 0 Å². The lowest BCUT2D eigenvalue weighted by Crippen LogP contribution is -2.35. The highest BCUT2D eigenvalue weighted by Crippen LogP contribution is 2.25. The van der Waals surface area contributed by atoms with Crippen LogP contribution in [-0.2, 0) is 0 Å². The molecule has 0 radical (unpaired) electrons. The fraction of sp³-hybridized carbons (Fsp3) is 0.333. The minimum atomic E-state index is -0.176. The molecule has 2 rings (SSSR count). The van der Waals surface area contributed by atoms with Crippen LogP contribution >= 0.6 is 0 Å². The van der Waals surface area contributed by atoms with Crippen LogP contribution in [0.4, 0.5) is 0 Å². The van der Waals surface area contributed by atoms with Crippen molar-refractivity contribution in [1.82, 2.24) is 4.90 Å². The van der Waals surface area contributed by atoms with Gasteiger partial charge in [-0.15, -0.1) is 0 Å². The van der Waals surface area contributed by atoms with E-state index in [1.54, 1.807) is 12.1 Å². The lowest BCUT2D eigenvalue weighted by Gasteiger charge is -2.17. The van der Waals surface area contributed by atoms with Crippen LogP contribution in [0, 0.1) is 6.92 Å². The van der Waals surface area contributed by atoms with Gasteiger partial charge in [0.2, 0.25) is 0 Å². The number of rotatable bonds is 1. The second-order valence-electron chi connectivity index (χ2n) is 4.12. The third-order valence-corrected chi connectivity index (χ3v) is 2.59. The van der Waals surface area contributed by atoms with Crippen molar-refractivity contribution in [3.8, 4) is 0 Å². The van der Waals surface area contributed by atoms with Crippen LogP contribution in [0.2, 0.25) is 0 Å². The lowest BCUT2D eigenvalue weighted by molar-refractivity contribution is 0.0609. The number of carbonyl (C=O) groups is 2. The molecule has 0 aromatic heterocycles. The van der Waals surface area contributed by atoms with Crippen molar-refractivity contribution in [2.24, 2.45) is 0 Å². The molecule has 0 spiro atoms. The molecule has 0 saturated heterocycles. The summed E-state index contributed by atoms with van der Waals surface area (Å²) in [5.41, 5.74) is 2.06. The fourth-order valence-electron chi connectivity index (χ4n) is 1.84. The van der Waals surface area contributed by atoms with Crippen molar-refractivity contribution in [3.05, 3.63) is 34.9 Å². The zero-order valence-corrected chi connectivity index (χ0v) is 9.07. The Hall–Kier alpha value is -1.64. The standard InChI is InChI=1S/C12H13NO2/c1-7(2)13-11(14)9-5-4-8(3)6-10(9)12(13)15/h4-7H,1-3H3. The van der Waals surface area contributed by atoms with Gasteiger partial charge < -0.3 is 0 Å². The van der Waals surface area contributed by atoms with Crippen molar-refractivity contribution in [1.29, 1.82) is 0 Å². The van der Waals surface area contributed by atoms with Crippen LogP contribution in [0.25, 0.3) is 0 Å². The van der Waals surface area contributed by atoms with Gasteiger partial charge in [0.05, 0.1) is 11.1 Å². The Morgan fingerprint density at radius 1 is 1.07 bits per heavy atom. The van der Waals surface area contributed by atoms with E-state index in [9.17, 15) is 9.59 Å². The maximum atomic E-state index is 11.9. The second-order valence-corrected chi connectivity index (χ2v) is 4.12. The number of carbonyl (C=O) groups excluding carboxylic acids is 2. The van der Waals surface area contributed by atoms with E-state index in [1.165, 1.54) is 4.90 Å². The summed E-state index contributed by atoms with van der Waals surface area (Å²) in [6.07, 6.45) is 0. The van der Waals surface area contributed by atoms with Gasteiger partial charge >= 0.3 is 0 Å². The van der Waals surface area contributed by atoms with E-state index >= 15 is 0 Å². The zero-order valence-electron chi connectivity index (χ0n) is 9.07. The third kappa shape index (κ3) is 1.35. The molecule has 1 aliphatic heterocycles. The molecule has 1 heterocycles. The first kappa shape index (κ1) is 9.90. The Morgan fingerprint density at radius 3 is 2.27 bits per heavy atom. The van der Waals surface area contributed by atoms with Crippen molar-refractivity contribution in [3.63, 3.8) is 0 Å². The molecular weight excluding hydrogens is 190 g/mol. The van der Waals surface area contributed by atoms with Crippen LogP contribution in [0.15, 0.2) is 18.2 Å². The molecule has 0 unspecified atom stereocenters. The number of imide groups is 1. The van der Waals surface area contributed by atoms with E-state index in [4.69, 9.17) is 0 Å². The maximum Gasteiger partial charge on any atom is 0.261 e. The Balaban J connectivity index is 2.56. The Kier molecular flexibility index (Phi) is 2.11. The number of benzene rings is 1. The van der Waals surface area contributed by atoms with Crippen molar-refractivity contribution in [2.45, 2.75) is 26.8 Å². The van der Waals surface area contributed by atoms with Gasteiger partial charge in [-0.3, -0.25) is 14.5 Å². The fourth-order valence-corrected chi connectivity index (χ4v) is 1.84. The average Bonchev–Trinajstić information content (AvgIpc) is 2.39. The number of hydrogen-bond donors (Lipinski definition) is 0. The average molecular weight is 203 g/mol. The number of hydrogen-bond acceptors (Lipinski definition) is 2. The molecule has 0 saturated carbocycles. The molecule has 1 aliphatic rings. The van der Waals surface area contributed by atoms with Gasteiger partial charge in [0, 0.05) is 6.04 Å². The topological polar surface area (TPSA) is 37.4 Å². The molecule has 1 aromatic rings. The first-order valence-corrected chi connectivity index (χ1v) is 5.01. The first-order chi connectivity index (χ1) is 7.02. The zero-order chi connectivity index (χ0) is 11.2. The van der Waals surface area contributed by atoms with Crippen LogP contribution in [-0.4, -0.2) is 22.8 Å². The summed E-state index contributed by atoms with van der Waals surface area (Å²) in [5.74, 6) is -0.348. The Labute approximate surface area is 88.7 Å². The summed E-state index contributed by atoms with van der Waals surface area (Å²) in [6.45, 7) is 5.60. The van der Waals surface area contributed by atoms with E-state index in [0.29, 0.717) is 11.1 Å². The lowest BCUT2D eigenvalue weighted by atomic mass is 10.1. The van der Waals surface area contributed by atoms with Crippen molar-refractivity contribution < 1.29 is 9.59 Å². The first-order valence-electron chi connectivity index (χ1n) is 5.01. The van der Waals surface area contributed by atoms with E-state index in [2.05, 4.69) is 0 Å². The van der Waals surface area contributed by atoms with E-state index in [-0.39, 0.29) is 17.9 Å². The molecule has 78 valence electrons. The molecule has 15 heavy (non-hydrogen) atoms. The molecule has 3 nitrogen and oxygen atoms in total. The maximum absolute atomic E-state index is 11.9. The highest BCUT2D eigenvalue weighted by Gasteiger charge is 2.36. The van der Waals surface area contributed by atoms with E-state index < -0.39 is 0 Å². The van der Waals surface area contributed by atoms with Crippen LogP contribution < -0.4 is 0 Å². The quantitative estimate of drug-likeness (QED) is 0.655. The van der Waals surface area contributed by atoms with Crippen LogP contribution in [0.5, 0.6) is 0 Å². The molecule has 0 aliphatic carbocycles. The van der Waals surface area contributed by atoms with Crippen LogP contribution in [0.3, 0.4) is 0 Å². The van der Waals surface area contributed by atoms with Gasteiger partial charge in [0.25, 0.3) is 11.8 Å². The van der Waals surface area contributed by atoms with Gasteiger partial charge in [0.1, 0.15) is 0 Å². The van der Waals surface area contributed by atoms with Crippen molar-refractivity contribution >= 4 is 11.8 Å². The highest BCUT2D eigenvalue weighted by molar-refractivity contribution is 6.21. The molecule has 0 atom stereocenters. The van der Waals surface area contributed by atoms with Gasteiger partial charge in [-0.05, 0) is 32.9 Å².